The Balaban J connectivity index is 0.000000173. The molecule has 15 rings (SSSR count). The number of carbonyl (C=O) groups is 5. The second-order valence-electron chi connectivity index (χ2n) is 37.7. The van der Waals surface area contributed by atoms with Gasteiger partial charge in [-0.3, -0.25) is 47.7 Å². The second kappa shape index (κ2) is 51.6. The normalized spacial score (nSPS) is 11.5. The highest BCUT2D eigenvalue weighted by Gasteiger charge is 2.31. The lowest BCUT2D eigenvalue weighted by Gasteiger charge is -2.21. The van der Waals surface area contributed by atoms with Crippen molar-refractivity contribution >= 4 is 63.7 Å². The first-order valence-electron chi connectivity index (χ1n) is 47.6. The number of nitrogens with zero attached hydrogens (tertiary/aromatic N) is 11. The fourth-order valence-electron chi connectivity index (χ4n) is 14.0. The summed E-state index contributed by atoms with van der Waals surface area (Å²) in [6, 6.07) is 86.3. The van der Waals surface area contributed by atoms with Crippen LogP contribution >= 0.6 is 34.8 Å². The first-order valence-corrected chi connectivity index (χ1v) is 48.7. The first kappa shape index (κ1) is 112. The number of ketones is 5. The molecule has 0 bridgehead atoms. The molecule has 9 aromatic carbocycles. The van der Waals surface area contributed by atoms with Crippen LogP contribution in [-0.4, -0.2) is 146 Å². The van der Waals surface area contributed by atoms with Crippen LogP contribution in [0.15, 0.2) is 279 Å². The summed E-state index contributed by atoms with van der Waals surface area (Å²) >= 11 is 18.2. The Morgan fingerprint density at radius 1 is 0.297 bits per heavy atom. The number of hydrogen-bond acceptors (Lipinski definition) is 21. The van der Waals surface area contributed by atoms with E-state index in [1.165, 1.54) is 27.7 Å². The summed E-state index contributed by atoms with van der Waals surface area (Å²) in [5, 5.41) is 25.7. The van der Waals surface area contributed by atoms with E-state index in [-0.39, 0.29) is 62.0 Å². The number of pyridine rings is 1. The topological polar surface area (TPSA) is 280 Å². The molecule has 0 amide bonds. The van der Waals surface area contributed by atoms with Crippen molar-refractivity contribution in [1.82, 2.24) is 53.9 Å². The minimum absolute atomic E-state index is 0.00792. The predicted molar refractivity (Wildman–Crippen MR) is 569 cm³/mol. The summed E-state index contributed by atoms with van der Waals surface area (Å²) in [5.74, 6) is 4.29. The van der Waals surface area contributed by atoms with Gasteiger partial charge in [0, 0.05) is 55.3 Å². The summed E-state index contributed by atoms with van der Waals surface area (Å²) in [4.78, 5) is 62.9. The molecule has 0 atom stereocenters. The van der Waals surface area contributed by atoms with Gasteiger partial charge in [0.15, 0.2) is 28.9 Å². The van der Waals surface area contributed by atoms with Gasteiger partial charge in [0.2, 0.25) is 0 Å². The molecular formula is C116H130Cl3N11O15. The number of Topliss-reactive ketones (excluding diaryl/α,β-unsaturated/α-hetero) is 5. The van der Waals surface area contributed by atoms with Crippen molar-refractivity contribution in [1.29, 1.82) is 0 Å². The maximum absolute atomic E-state index is 11.8. The van der Waals surface area contributed by atoms with Crippen molar-refractivity contribution in [3.05, 3.63) is 345 Å². The lowest BCUT2D eigenvalue weighted by Crippen LogP contribution is -2.32. The summed E-state index contributed by atoms with van der Waals surface area (Å²) < 4.78 is 66.1. The molecule has 0 aliphatic rings. The number of aromatic nitrogens is 11. The maximum Gasteiger partial charge on any atom is 0.161 e. The zero-order chi connectivity index (χ0) is 105. The molecule has 0 unspecified atom stereocenters. The molecule has 15 aromatic rings. The highest BCUT2D eigenvalue weighted by Crippen LogP contribution is 2.36. The Bertz CT molecular complexity index is 6820. The minimum atomic E-state index is -0.861. The molecule has 6 aromatic heterocycles. The van der Waals surface area contributed by atoms with Crippen molar-refractivity contribution < 1.29 is 71.3 Å². The van der Waals surface area contributed by atoms with E-state index in [0.717, 1.165) is 141 Å². The molecule has 0 saturated carbocycles. The molecule has 0 spiro atoms. The quantitative estimate of drug-likeness (QED) is 0.0344. The lowest BCUT2D eigenvalue weighted by atomic mass is 10.1. The molecule has 0 aliphatic carbocycles. The van der Waals surface area contributed by atoms with E-state index < -0.39 is 28.0 Å². The van der Waals surface area contributed by atoms with Crippen molar-refractivity contribution in [2.24, 2.45) is 5.92 Å². The van der Waals surface area contributed by atoms with Crippen LogP contribution in [0.5, 0.6) is 28.7 Å². The minimum Gasteiger partial charge on any atom is -0.497 e. The van der Waals surface area contributed by atoms with Crippen LogP contribution in [0, 0.1) is 5.92 Å². The second-order valence-corrected chi connectivity index (χ2v) is 39.0. The van der Waals surface area contributed by atoms with Crippen molar-refractivity contribution in [3.8, 4) is 90.7 Å². The summed E-state index contributed by atoms with van der Waals surface area (Å²) in [6.07, 6.45) is 3.57. The van der Waals surface area contributed by atoms with E-state index in [2.05, 4.69) is 37.0 Å². The van der Waals surface area contributed by atoms with Gasteiger partial charge in [-0.2, -0.15) is 25.5 Å². The number of methoxy groups -OCH3 is 4. The molecule has 6 heterocycles. The average Bonchev–Trinajstić information content (AvgIpc) is 1.75. The largest absolute Gasteiger partial charge is 0.497 e. The van der Waals surface area contributed by atoms with Gasteiger partial charge in [-0.15, -0.1) is 0 Å². The van der Waals surface area contributed by atoms with Gasteiger partial charge in [0.25, 0.3) is 0 Å². The van der Waals surface area contributed by atoms with Gasteiger partial charge < -0.3 is 47.4 Å². The smallest absolute Gasteiger partial charge is 0.161 e. The SMILES string of the molecule is CC(=O)C(C)(C)OCc1cc(-c2cccc(OCC(C)C)c2)n(Cc2ccccc2)n1.COc1cccc(-c2cc(COC(C)(C)C(C)=O)nn2-c2ccc(Cl)cc2)c1.COc1cccc(-c2cc(COC(C)(C)C(C)=O)nn2Cc2ccc(Cl)cc2)c1.COc1cccc(-c2cc(COC(C)(C)C(C)=O)nn2Cc2cccc(Cl)c2)c1.COc1cccc(-c2cc(COC(C)(C)C(C)=O)nn2Cc2cccnc2)c1. The molecule has 0 N–H and O–H groups in total. The Labute approximate surface area is 865 Å². The molecule has 26 nitrogen and oxygen atoms in total. The van der Waals surface area contributed by atoms with E-state index in [0.29, 0.717) is 53.8 Å². The van der Waals surface area contributed by atoms with E-state index in [4.69, 9.17) is 108 Å². The molecule has 0 fully saturated rings. The van der Waals surface area contributed by atoms with Crippen LogP contribution < -0.4 is 23.7 Å². The number of ether oxygens (including phenoxy) is 10. The summed E-state index contributed by atoms with van der Waals surface area (Å²) in [6.45, 7) is 33.9. The number of benzene rings is 9. The molecule has 145 heavy (non-hydrogen) atoms. The molecule has 0 saturated heterocycles. The summed E-state index contributed by atoms with van der Waals surface area (Å²) in [5.41, 5.74) is 14.4. The van der Waals surface area contributed by atoms with Gasteiger partial charge >= 0.3 is 0 Å². The van der Waals surface area contributed by atoms with E-state index >= 15 is 0 Å². The third kappa shape index (κ3) is 32.9. The molecule has 760 valence electrons. The number of rotatable bonds is 41. The standard InChI is InChI=1S/C26H32N2O3.2C23H25ClN2O3.C22H23ClN2O3.C22H25N3O3/c1-19(2)17-30-24-13-9-12-22(14-24)25-15-23(18-31-26(4,5)20(3)29)27-28(25)16-21-10-7-6-8-11-21;1-16(27)23(2,3)29-15-20-13-22(18-8-6-10-21(12-18)28-4)26(25-20)14-17-7-5-9-19(24)11-17;1-16(27)23(2,3)29-15-20-13-22(18-6-5-7-21(12-18)28-4)26(25-20)14-17-8-10-19(24)11-9-17;1-15(26)22(2,3)28-14-18-13-21(16-6-5-7-20(12-16)27-4)25(24-18)19-10-8-17(23)9-11-19;1-16(26)22(2,3)28-15-19-12-21(18-8-5-9-20(11-18)27-4)25(24-19)14-17-7-6-10-23-13-17/h6-15,19H,16-18H2,1-5H3;2*5-13H,14-15H2,1-4H3;5-13H,14H2,1-4H3;5-13H,14-15H2,1-4H3. The Morgan fingerprint density at radius 2 is 0.586 bits per heavy atom. The zero-order valence-electron chi connectivity index (χ0n) is 86.4. The zero-order valence-corrected chi connectivity index (χ0v) is 88.7. The molecule has 29 heteroatoms. The average molecular weight is 2020 g/mol. The van der Waals surface area contributed by atoms with E-state index in [1.54, 1.807) is 111 Å². The van der Waals surface area contributed by atoms with Gasteiger partial charge in [-0.1, -0.05) is 170 Å². The van der Waals surface area contributed by atoms with Crippen LogP contribution in [0.4, 0.5) is 0 Å². The fraction of sp³-hybridized carbons (Fsp3) is 0.319. The van der Waals surface area contributed by atoms with Gasteiger partial charge in [-0.05, 0) is 278 Å². The van der Waals surface area contributed by atoms with Crippen LogP contribution in [0.25, 0.3) is 62.0 Å². The third-order valence-corrected chi connectivity index (χ3v) is 24.9. The highest BCUT2D eigenvalue weighted by molar-refractivity contribution is 6.31. The molecule has 0 radical (unpaired) electrons. The first-order chi connectivity index (χ1) is 69.0. The van der Waals surface area contributed by atoms with E-state index in [9.17, 15) is 24.0 Å². The van der Waals surface area contributed by atoms with Gasteiger partial charge in [0.1, 0.15) is 56.8 Å². The van der Waals surface area contributed by atoms with Crippen molar-refractivity contribution in [3.63, 3.8) is 0 Å². The Kier molecular flexibility index (Phi) is 39.7. The maximum atomic E-state index is 11.8. The fourth-order valence-corrected chi connectivity index (χ4v) is 14.4. The van der Waals surface area contributed by atoms with Crippen LogP contribution in [-0.2, 0) is 107 Å². The molecular weight excluding hydrogens is 1890 g/mol. The van der Waals surface area contributed by atoms with Crippen molar-refractivity contribution in [2.75, 3.05) is 35.0 Å². The summed E-state index contributed by atoms with van der Waals surface area (Å²) in [7, 11) is 6.58. The van der Waals surface area contributed by atoms with E-state index in [1.807, 2.05) is 278 Å². The molecule has 0 aliphatic heterocycles. The Hall–Kier alpha value is -13.8. The third-order valence-electron chi connectivity index (χ3n) is 24.2. The Morgan fingerprint density at radius 3 is 0.917 bits per heavy atom. The van der Waals surface area contributed by atoms with Gasteiger partial charge in [-0.25, -0.2) is 4.68 Å². The number of hydrogen-bond donors (Lipinski definition) is 0. The van der Waals surface area contributed by atoms with Crippen molar-refractivity contribution in [2.45, 2.75) is 205 Å². The highest BCUT2D eigenvalue weighted by atomic mass is 35.5. The van der Waals surface area contributed by atoms with Crippen LogP contribution in [0.2, 0.25) is 15.1 Å². The van der Waals surface area contributed by atoms with Crippen LogP contribution in [0.1, 0.15) is 168 Å². The van der Waals surface area contributed by atoms with Crippen LogP contribution in [0.3, 0.4) is 0 Å². The van der Waals surface area contributed by atoms with Gasteiger partial charge in [0.05, 0.1) is 157 Å². The number of carbonyl (C=O) groups excluding carboxylic acids is 5. The lowest BCUT2D eigenvalue weighted by molar-refractivity contribution is -0.140. The number of halogens is 3. The monoisotopic (exact) mass is 2020 g/mol. The predicted octanol–water partition coefficient (Wildman–Crippen LogP) is 24.8.